The number of halogens is 1. The largest absolute Gasteiger partial charge is 0.384 e. The Bertz CT molecular complexity index is 1140. The molecule has 2 N–H and O–H groups in total. The molecule has 1 aliphatic heterocycles. The molecule has 2 aromatic rings. The number of carbonyl (C=O) groups is 1. The van der Waals surface area contributed by atoms with Crippen molar-refractivity contribution in [1.29, 1.82) is 5.26 Å². The molecular formula is C25H24ClN3OS. The van der Waals surface area contributed by atoms with Gasteiger partial charge >= 0.3 is 0 Å². The molecule has 6 heteroatoms. The van der Waals surface area contributed by atoms with Gasteiger partial charge in [-0.2, -0.15) is 5.26 Å². The molecular weight excluding hydrogens is 426 g/mol. The number of carbonyl (C=O) groups excluding carboxylic acids is 1. The molecule has 0 saturated carbocycles. The van der Waals surface area contributed by atoms with E-state index in [0.29, 0.717) is 34.8 Å². The maximum atomic E-state index is 13.5. The minimum atomic E-state index is -0.456. The third-order valence-electron chi connectivity index (χ3n) is 5.91. The SMILES string of the molecule is CSc1ccc(C2C(C#N)=C(N)N(c3ccc(Cl)cc3)C3=C2C(=O)CC(C)(C)C3)cc1. The highest BCUT2D eigenvalue weighted by Gasteiger charge is 2.44. The molecule has 31 heavy (non-hydrogen) atoms. The molecule has 158 valence electrons. The first-order valence-corrected chi connectivity index (χ1v) is 11.7. The first kappa shape index (κ1) is 21.5. The van der Waals surface area contributed by atoms with E-state index < -0.39 is 5.92 Å². The quantitative estimate of drug-likeness (QED) is 0.581. The van der Waals surface area contributed by atoms with Crippen LogP contribution in [0.5, 0.6) is 0 Å². The summed E-state index contributed by atoms with van der Waals surface area (Å²) in [5, 5.41) is 10.7. The van der Waals surface area contributed by atoms with Crippen molar-refractivity contribution < 1.29 is 4.79 Å². The molecule has 4 rings (SSSR count). The number of anilines is 1. The Morgan fingerprint density at radius 3 is 2.35 bits per heavy atom. The summed E-state index contributed by atoms with van der Waals surface area (Å²) in [6.45, 7) is 4.19. The number of nitriles is 1. The van der Waals surface area contributed by atoms with E-state index in [1.54, 1.807) is 23.9 Å². The zero-order valence-electron chi connectivity index (χ0n) is 17.8. The lowest BCUT2D eigenvalue weighted by atomic mass is 9.68. The third kappa shape index (κ3) is 3.86. The maximum absolute atomic E-state index is 13.5. The molecule has 0 spiro atoms. The number of nitrogens with zero attached hydrogens (tertiary/aromatic N) is 2. The van der Waals surface area contributed by atoms with Gasteiger partial charge in [0.05, 0.1) is 17.6 Å². The molecule has 1 heterocycles. The average molecular weight is 450 g/mol. The van der Waals surface area contributed by atoms with E-state index in [4.69, 9.17) is 17.3 Å². The summed E-state index contributed by atoms with van der Waals surface area (Å²) in [4.78, 5) is 16.5. The van der Waals surface area contributed by atoms with E-state index in [0.717, 1.165) is 21.8 Å². The zero-order chi connectivity index (χ0) is 22.3. The molecule has 0 aromatic heterocycles. The monoisotopic (exact) mass is 449 g/mol. The Morgan fingerprint density at radius 1 is 1.13 bits per heavy atom. The summed E-state index contributed by atoms with van der Waals surface area (Å²) < 4.78 is 0. The molecule has 0 fully saturated rings. The lowest BCUT2D eigenvalue weighted by molar-refractivity contribution is -0.118. The predicted octanol–water partition coefficient (Wildman–Crippen LogP) is 6.00. The Balaban J connectivity index is 1.96. The normalized spacial score (nSPS) is 20.5. The second-order valence-electron chi connectivity index (χ2n) is 8.73. The molecule has 0 radical (unpaired) electrons. The number of nitrogens with two attached hydrogens (primary N) is 1. The van der Waals surface area contributed by atoms with Crippen molar-refractivity contribution in [2.45, 2.75) is 37.5 Å². The standard InChI is InChI=1S/C25H24ClN3OS/c1-25(2)12-20-23(21(30)13-25)22(15-4-10-18(31-3)11-5-15)19(14-27)24(28)29(20)17-8-6-16(26)7-9-17/h4-11,22H,12-13,28H2,1-3H3. The van der Waals surface area contributed by atoms with E-state index >= 15 is 0 Å². The number of allylic oxidation sites excluding steroid dienone is 3. The van der Waals surface area contributed by atoms with E-state index in [9.17, 15) is 10.1 Å². The molecule has 1 unspecified atom stereocenters. The zero-order valence-corrected chi connectivity index (χ0v) is 19.3. The minimum Gasteiger partial charge on any atom is -0.384 e. The van der Waals surface area contributed by atoms with Crippen LogP contribution in [0.2, 0.25) is 5.02 Å². The predicted molar refractivity (Wildman–Crippen MR) is 127 cm³/mol. The summed E-state index contributed by atoms with van der Waals surface area (Å²) >= 11 is 7.75. The minimum absolute atomic E-state index is 0.0735. The van der Waals surface area contributed by atoms with Gasteiger partial charge in [0.1, 0.15) is 5.82 Å². The van der Waals surface area contributed by atoms with Gasteiger partial charge in [-0.25, -0.2) is 0 Å². The van der Waals surface area contributed by atoms with Crippen molar-refractivity contribution >= 4 is 34.8 Å². The number of thioether (sulfide) groups is 1. The maximum Gasteiger partial charge on any atom is 0.162 e. The Hall–Kier alpha value is -2.68. The topological polar surface area (TPSA) is 70.1 Å². The van der Waals surface area contributed by atoms with Crippen molar-refractivity contribution in [2.75, 3.05) is 11.2 Å². The molecule has 1 atom stereocenters. The lowest BCUT2D eigenvalue weighted by Crippen LogP contribution is -2.42. The highest BCUT2D eigenvalue weighted by atomic mass is 35.5. The highest BCUT2D eigenvalue weighted by Crippen LogP contribution is 2.50. The van der Waals surface area contributed by atoms with Crippen LogP contribution in [0.4, 0.5) is 5.69 Å². The third-order valence-corrected chi connectivity index (χ3v) is 6.91. The van der Waals surface area contributed by atoms with Crippen LogP contribution < -0.4 is 10.6 Å². The number of hydrogen-bond donors (Lipinski definition) is 1. The van der Waals surface area contributed by atoms with Crippen LogP contribution in [0, 0.1) is 16.7 Å². The van der Waals surface area contributed by atoms with Crippen LogP contribution in [0.15, 0.2) is 76.1 Å². The van der Waals surface area contributed by atoms with Crippen LogP contribution in [-0.4, -0.2) is 12.0 Å². The van der Waals surface area contributed by atoms with Crippen molar-refractivity contribution in [3.63, 3.8) is 0 Å². The van der Waals surface area contributed by atoms with Crippen LogP contribution in [0.3, 0.4) is 0 Å². The Kier molecular flexibility index (Phi) is 5.63. The fourth-order valence-electron chi connectivity index (χ4n) is 4.52. The lowest BCUT2D eigenvalue weighted by Gasteiger charge is -2.43. The van der Waals surface area contributed by atoms with E-state index in [-0.39, 0.29) is 11.2 Å². The fraction of sp³-hybridized carbons (Fsp3) is 0.280. The molecule has 1 aliphatic carbocycles. The van der Waals surface area contributed by atoms with Gasteiger partial charge in [-0.1, -0.05) is 37.6 Å². The molecule has 2 aliphatic rings. The molecule has 0 saturated heterocycles. The van der Waals surface area contributed by atoms with Crippen LogP contribution in [0.25, 0.3) is 0 Å². The van der Waals surface area contributed by atoms with Crippen molar-refractivity contribution in [2.24, 2.45) is 11.1 Å². The second-order valence-corrected chi connectivity index (χ2v) is 10.0. The van der Waals surface area contributed by atoms with Crippen LogP contribution in [-0.2, 0) is 4.79 Å². The fourth-order valence-corrected chi connectivity index (χ4v) is 5.06. The van der Waals surface area contributed by atoms with Crippen LogP contribution >= 0.6 is 23.4 Å². The first-order valence-electron chi connectivity index (χ1n) is 10.1. The molecule has 2 aromatic carbocycles. The van der Waals surface area contributed by atoms with Gasteiger partial charge in [0, 0.05) is 33.3 Å². The highest BCUT2D eigenvalue weighted by molar-refractivity contribution is 7.98. The molecule has 0 bridgehead atoms. The summed E-state index contributed by atoms with van der Waals surface area (Å²) in [5.41, 5.74) is 10.1. The molecule has 4 nitrogen and oxygen atoms in total. The number of ketones is 1. The van der Waals surface area contributed by atoms with Gasteiger partial charge in [-0.3, -0.25) is 9.69 Å². The van der Waals surface area contributed by atoms with Crippen LogP contribution in [0.1, 0.15) is 38.2 Å². The summed E-state index contributed by atoms with van der Waals surface area (Å²) in [5.74, 6) is -0.0134. The van der Waals surface area contributed by atoms with Gasteiger partial charge in [0.15, 0.2) is 5.78 Å². The molecule has 0 amide bonds. The van der Waals surface area contributed by atoms with Gasteiger partial charge in [-0.05, 0) is 60.1 Å². The smallest absolute Gasteiger partial charge is 0.162 e. The Labute approximate surface area is 192 Å². The second kappa shape index (κ2) is 8.11. The number of benzene rings is 2. The van der Waals surface area contributed by atoms with Gasteiger partial charge in [0.2, 0.25) is 0 Å². The first-order chi connectivity index (χ1) is 14.8. The summed E-state index contributed by atoms with van der Waals surface area (Å²) in [6.07, 6.45) is 3.15. The number of rotatable bonds is 3. The number of hydrogen-bond acceptors (Lipinski definition) is 5. The summed E-state index contributed by atoms with van der Waals surface area (Å²) in [7, 11) is 0. The van der Waals surface area contributed by atoms with Crippen molar-refractivity contribution in [3.05, 3.63) is 81.8 Å². The Morgan fingerprint density at radius 2 is 1.77 bits per heavy atom. The summed E-state index contributed by atoms with van der Waals surface area (Å²) in [6, 6.07) is 17.7. The van der Waals surface area contributed by atoms with Gasteiger partial charge in [-0.15, -0.1) is 11.8 Å². The van der Waals surface area contributed by atoms with Gasteiger partial charge in [0.25, 0.3) is 0 Å². The van der Waals surface area contributed by atoms with E-state index in [1.165, 1.54) is 0 Å². The van der Waals surface area contributed by atoms with E-state index in [1.807, 2.05) is 47.6 Å². The van der Waals surface area contributed by atoms with Crippen molar-refractivity contribution in [3.8, 4) is 6.07 Å². The average Bonchev–Trinajstić information content (AvgIpc) is 2.73. The van der Waals surface area contributed by atoms with Crippen molar-refractivity contribution in [1.82, 2.24) is 0 Å². The van der Waals surface area contributed by atoms with E-state index in [2.05, 4.69) is 19.9 Å². The number of Topliss-reactive ketones (excluding diaryl/α,β-unsaturated/α-hetero) is 1. The van der Waals surface area contributed by atoms with Gasteiger partial charge < -0.3 is 5.73 Å².